The summed E-state index contributed by atoms with van der Waals surface area (Å²) in [6.45, 7) is 3.88. The van der Waals surface area contributed by atoms with Gasteiger partial charge in [0.15, 0.2) is 0 Å². The topological polar surface area (TPSA) is 81.1 Å². The summed E-state index contributed by atoms with van der Waals surface area (Å²) in [5, 5.41) is 14.6. The lowest BCUT2D eigenvalue weighted by atomic mass is 9.98. The van der Waals surface area contributed by atoms with Gasteiger partial charge in [0.1, 0.15) is 11.8 Å². The molecule has 6 aromatic rings. The summed E-state index contributed by atoms with van der Waals surface area (Å²) in [6.07, 6.45) is 3.96. The van der Waals surface area contributed by atoms with Gasteiger partial charge >= 0.3 is 5.97 Å². The van der Waals surface area contributed by atoms with Crippen molar-refractivity contribution in [3.8, 4) is 22.3 Å². The minimum atomic E-state index is -0.849. The molecule has 6 nitrogen and oxygen atoms in total. The number of aryl methyl sites for hydroxylation is 2. The third-order valence-corrected chi connectivity index (χ3v) is 7.11. The number of aromatic nitrogens is 3. The molecule has 0 amide bonds. The normalized spacial score (nSPS) is 12.1. The SMILES string of the molecule is Cc1noc(C)c1-c1ccc2c(-c3cccc(CC(=O)O)c3)cn(C(c3ccccc3)c3ccccn3)c2c1. The van der Waals surface area contributed by atoms with Gasteiger partial charge in [-0.25, -0.2) is 0 Å². The molecular formula is C33H27N3O3. The molecule has 3 aromatic carbocycles. The third kappa shape index (κ3) is 4.61. The van der Waals surface area contributed by atoms with Crippen LogP contribution in [0.2, 0.25) is 0 Å². The molecule has 1 unspecified atom stereocenters. The zero-order valence-electron chi connectivity index (χ0n) is 21.7. The maximum absolute atomic E-state index is 11.4. The van der Waals surface area contributed by atoms with Crippen LogP contribution in [0.1, 0.15) is 34.3 Å². The van der Waals surface area contributed by atoms with E-state index in [2.05, 4.69) is 52.3 Å². The van der Waals surface area contributed by atoms with Gasteiger partial charge < -0.3 is 14.2 Å². The maximum atomic E-state index is 11.4. The van der Waals surface area contributed by atoms with Crippen molar-refractivity contribution in [3.05, 3.63) is 132 Å². The van der Waals surface area contributed by atoms with Crippen LogP contribution < -0.4 is 0 Å². The van der Waals surface area contributed by atoms with E-state index in [1.54, 1.807) is 0 Å². The Bertz CT molecular complexity index is 1730. The van der Waals surface area contributed by atoms with E-state index in [0.717, 1.165) is 61.4 Å². The molecule has 0 aliphatic carbocycles. The molecule has 6 rings (SSSR count). The summed E-state index contributed by atoms with van der Waals surface area (Å²) in [5.41, 5.74) is 8.69. The summed E-state index contributed by atoms with van der Waals surface area (Å²) < 4.78 is 7.75. The second-order valence-electron chi connectivity index (χ2n) is 9.72. The van der Waals surface area contributed by atoms with E-state index in [-0.39, 0.29) is 12.5 Å². The average Bonchev–Trinajstić information content (AvgIpc) is 3.49. The van der Waals surface area contributed by atoms with Crippen LogP contribution in [-0.2, 0) is 11.2 Å². The second kappa shape index (κ2) is 10.1. The van der Waals surface area contributed by atoms with Crippen LogP contribution in [-0.4, -0.2) is 25.8 Å². The second-order valence-corrected chi connectivity index (χ2v) is 9.72. The first-order valence-corrected chi connectivity index (χ1v) is 12.8. The highest BCUT2D eigenvalue weighted by molar-refractivity contribution is 5.98. The summed E-state index contributed by atoms with van der Waals surface area (Å²) in [5.74, 6) is -0.0751. The number of rotatable bonds is 7. The molecule has 0 aliphatic rings. The Balaban J connectivity index is 1.63. The quantitative estimate of drug-likeness (QED) is 0.243. The Kier molecular flexibility index (Phi) is 6.29. The van der Waals surface area contributed by atoms with E-state index in [0.29, 0.717) is 0 Å². The first-order chi connectivity index (χ1) is 19.0. The van der Waals surface area contributed by atoms with Gasteiger partial charge in [-0.05, 0) is 54.3 Å². The van der Waals surface area contributed by atoms with Crippen LogP contribution >= 0.6 is 0 Å². The van der Waals surface area contributed by atoms with Crippen molar-refractivity contribution in [1.29, 1.82) is 0 Å². The van der Waals surface area contributed by atoms with Crippen LogP contribution in [0, 0.1) is 13.8 Å². The molecule has 6 heteroatoms. The molecule has 1 N–H and O–H groups in total. The van der Waals surface area contributed by atoms with Gasteiger partial charge in [0.25, 0.3) is 0 Å². The molecule has 0 aliphatic heterocycles. The molecule has 0 saturated heterocycles. The van der Waals surface area contributed by atoms with Gasteiger partial charge in [0, 0.05) is 28.9 Å². The monoisotopic (exact) mass is 513 g/mol. The Labute approximate surface area is 226 Å². The van der Waals surface area contributed by atoms with Crippen LogP contribution in [0.25, 0.3) is 33.2 Å². The van der Waals surface area contributed by atoms with Crippen molar-refractivity contribution in [2.75, 3.05) is 0 Å². The molecule has 1 atom stereocenters. The summed E-state index contributed by atoms with van der Waals surface area (Å²) in [6, 6.07) is 30.3. The van der Waals surface area contributed by atoms with Gasteiger partial charge in [0.05, 0.1) is 23.3 Å². The highest BCUT2D eigenvalue weighted by atomic mass is 16.5. The predicted octanol–water partition coefficient (Wildman–Crippen LogP) is 7.24. The Hall–Kier alpha value is -4.97. The average molecular weight is 514 g/mol. The van der Waals surface area contributed by atoms with Crippen molar-refractivity contribution >= 4 is 16.9 Å². The van der Waals surface area contributed by atoms with E-state index >= 15 is 0 Å². The zero-order chi connectivity index (χ0) is 26.9. The van der Waals surface area contributed by atoms with Crippen molar-refractivity contribution in [3.63, 3.8) is 0 Å². The molecule has 0 fully saturated rings. The first kappa shape index (κ1) is 24.4. The van der Waals surface area contributed by atoms with Crippen LogP contribution in [0.3, 0.4) is 0 Å². The van der Waals surface area contributed by atoms with E-state index in [4.69, 9.17) is 9.51 Å². The van der Waals surface area contributed by atoms with Gasteiger partial charge in [-0.1, -0.05) is 78.0 Å². The van der Waals surface area contributed by atoms with Gasteiger partial charge in [-0.2, -0.15) is 0 Å². The molecule has 0 spiro atoms. The lowest BCUT2D eigenvalue weighted by molar-refractivity contribution is -0.136. The smallest absolute Gasteiger partial charge is 0.307 e. The van der Waals surface area contributed by atoms with Gasteiger partial charge in [-0.3, -0.25) is 9.78 Å². The van der Waals surface area contributed by atoms with Crippen molar-refractivity contribution in [2.45, 2.75) is 26.3 Å². The summed E-state index contributed by atoms with van der Waals surface area (Å²) in [4.78, 5) is 16.2. The van der Waals surface area contributed by atoms with Crippen molar-refractivity contribution in [1.82, 2.24) is 14.7 Å². The lowest BCUT2D eigenvalue weighted by Crippen LogP contribution is -2.12. The fraction of sp³-hybridized carbons (Fsp3) is 0.121. The minimum Gasteiger partial charge on any atom is -0.481 e. The van der Waals surface area contributed by atoms with Crippen LogP contribution in [0.5, 0.6) is 0 Å². The predicted molar refractivity (Wildman–Crippen MR) is 152 cm³/mol. The Morgan fingerprint density at radius 1 is 0.923 bits per heavy atom. The highest BCUT2D eigenvalue weighted by Gasteiger charge is 2.23. The van der Waals surface area contributed by atoms with E-state index in [9.17, 15) is 9.90 Å². The molecule has 192 valence electrons. The van der Waals surface area contributed by atoms with Gasteiger partial charge in [0.2, 0.25) is 0 Å². The summed E-state index contributed by atoms with van der Waals surface area (Å²) in [7, 11) is 0. The highest BCUT2D eigenvalue weighted by Crippen LogP contribution is 2.39. The van der Waals surface area contributed by atoms with E-state index < -0.39 is 5.97 Å². The van der Waals surface area contributed by atoms with E-state index in [1.165, 1.54) is 0 Å². The number of hydrogen-bond donors (Lipinski definition) is 1. The Morgan fingerprint density at radius 3 is 2.46 bits per heavy atom. The third-order valence-electron chi connectivity index (χ3n) is 7.11. The Morgan fingerprint density at radius 2 is 1.74 bits per heavy atom. The number of fused-ring (bicyclic) bond motifs is 1. The first-order valence-electron chi connectivity index (χ1n) is 12.8. The molecule has 0 bridgehead atoms. The van der Waals surface area contributed by atoms with Crippen LogP contribution in [0.15, 0.2) is 108 Å². The molecular weight excluding hydrogens is 486 g/mol. The molecule has 3 heterocycles. The van der Waals surface area contributed by atoms with Gasteiger partial charge in [-0.15, -0.1) is 0 Å². The number of carboxylic acid groups (broad SMARTS) is 1. The fourth-order valence-electron chi connectivity index (χ4n) is 5.42. The van der Waals surface area contributed by atoms with Crippen molar-refractivity contribution < 1.29 is 14.4 Å². The number of pyridine rings is 1. The number of hydrogen-bond acceptors (Lipinski definition) is 4. The molecule has 0 radical (unpaired) electrons. The molecule has 0 saturated carbocycles. The zero-order valence-corrected chi connectivity index (χ0v) is 21.7. The maximum Gasteiger partial charge on any atom is 0.307 e. The van der Waals surface area contributed by atoms with Crippen LogP contribution in [0.4, 0.5) is 0 Å². The molecule has 3 aromatic heterocycles. The number of carbonyl (C=O) groups is 1. The standard InChI is InChI=1S/C33H27N3O3/c1-21-32(22(2)39-35-21)26-14-15-27-28(25-12-8-9-23(17-25)18-31(37)38)20-36(30(27)19-26)33(24-10-4-3-5-11-24)29-13-6-7-16-34-29/h3-17,19-20,33H,18H2,1-2H3,(H,37,38). The number of aliphatic carboxylic acids is 1. The number of nitrogens with zero attached hydrogens (tertiary/aromatic N) is 3. The van der Waals surface area contributed by atoms with E-state index in [1.807, 2.05) is 74.6 Å². The largest absolute Gasteiger partial charge is 0.481 e. The lowest BCUT2D eigenvalue weighted by Gasteiger charge is -2.21. The number of benzene rings is 3. The fourth-order valence-corrected chi connectivity index (χ4v) is 5.42. The summed E-state index contributed by atoms with van der Waals surface area (Å²) >= 11 is 0. The number of carboxylic acids is 1. The van der Waals surface area contributed by atoms with Crippen molar-refractivity contribution in [2.24, 2.45) is 0 Å². The molecule has 39 heavy (non-hydrogen) atoms. The minimum absolute atomic E-state index is 0.0246.